The normalized spacial score (nSPS) is 23.8. The van der Waals surface area contributed by atoms with Gasteiger partial charge in [0.1, 0.15) is 0 Å². The average molecular weight is 507 g/mol. The van der Waals surface area contributed by atoms with Crippen LogP contribution in [-0.4, -0.2) is 55.7 Å². The lowest BCUT2D eigenvalue weighted by molar-refractivity contribution is -0.330. The Balaban J connectivity index is 2.69. The molecule has 0 N–H and O–H groups in total. The molecule has 2 rings (SSSR count). The van der Waals surface area contributed by atoms with Gasteiger partial charge in [0.2, 0.25) is 11.8 Å². The Hall–Kier alpha value is -2.12. The summed E-state index contributed by atoms with van der Waals surface area (Å²) in [5, 5.41) is 24.6. The second-order valence-corrected chi connectivity index (χ2v) is 13.7. The number of nitrogens with zero attached hydrogens (tertiary/aromatic N) is 2. The zero-order valence-corrected chi connectivity index (χ0v) is 23.9. The van der Waals surface area contributed by atoms with E-state index in [1.54, 1.807) is 0 Å². The van der Waals surface area contributed by atoms with Crippen LogP contribution in [0, 0.1) is 17.3 Å². The number of carbonyl (C=O) groups is 4. The zero-order valence-electron chi connectivity index (χ0n) is 23.9. The Kier molecular flexibility index (Phi) is 8.06. The van der Waals surface area contributed by atoms with Gasteiger partial charge in [-0.1, -0.05) is 0 Å². The molecule has 0 spiro atoms. The molecule has 206 valence electrons. The molecule has 0 atom stereocenters. The van der Waals surface area contributed by atoms with E-state index >= 15 is 0 Å². The Morgan fingerprint density at radius 1 is 0.694 bits per heavy atom. The second-order valence-electron chi connectivity index (χ2n) is 13.7. The molecule has 2 fully saturated rings. The lowest BCUT2D eigenvalue weighted by Gasteiger charge is -2.64. The maximum absolute atomic E-state index is 13.3. The molecule has 36 heavy (non-hydrogen) atoms. The molecule has 8 heteroatoms. The third-order valence-corrected chi connectivity index (χ3v) is 8.84. The lowest BCUT2D eigenvalue weighted by Crippen LogP contribution is -2.69. The summed E-state index contributed by atoms with van der Waals surface area (Å²) in [5.74, 6) is -3.17. The van der Waals surface area contributed by atoms with Crippen LogP contribution in [-0.2, 0) is 19.2 Å². The fourth-order valence-corrected chi connectivity index (χ4v) is 8.70. The van der Waals surface area contributed by atoms with Gasteiger partial charge in [0.15, 0.2) is 0 Å². The fourth-order valence-electron chi connectivity index (χ4n) is 8.70. The number of aliphatic carboxylic acids is 2. The summed E-state index contributed by atoms with van der Waals surface area (Å²) in [6.07, 6.45) is 1.93. The van der Waals surface area contributed by atoms with Crippen LogP contribution in [0.1, 0.15) is 114 Å². The van der Waals surface area contributed by atoms with Crippen LogP contribution in [0.2, 0.25) is 0 Å². The van der Waals surface area contributed by atoms with Gasteiger partial charge >= 0.3 is 0 Å². The van der Waals surface area contributed by atoms with Gasteiger partial charge in [0.05, 0.1) is 0 Å². The Labute approximate surface area is 216 Å². The molecule has 0 aliphatic carbocycles. The largest absolute Gasteiger partial charge is 0.550 e. The number of carbonyl (C=O) groups excluding carboxylic acids is 4. The van der Waals surface area contributed by atoms with Crippen molar-refractivity contribution >= 4 is 23.8 Å². The molecule has 0 aromatic heterocycles. The first-order chi connectivity index (χ1) is 16.1. The monoisotopic (exact) mass is 506 g/mol. The van der Waals surface area contributed by atoms with E-state index in [1.165, 1.54) is 13.8 Å². The van der Waals surface area contributed by atoms with E-state index < -0.39 is 39.5 Å². The molecular formula is C28H46N2O6-2. The van der Waals surface area contributed by atoms with E-state index in [2.05, 4.69) is 0 Å². The second kappa shape index (κ2) is 9.64. The summed E-state index contributed by atoms with van der Waals surface area (Å²) in [4.78, 5) is 53.6. The molecule has 2 amide bonds. The lowest BCUT2D eigenvalue weighted by atomic mass is 9.52. The van der Waals surface area contributed by atoms with Crippen molar-refractivity contribution < 1.29 is 29.4 Å². The van der Waals surface area contributed by atoms with Gasteiger partial charge in [-0.15, -0.1) is 0 Å². The van der Waals surface area contributed by atoms with Gasteiger partial charge < -0.3 is 29.6 Å². The molecular weight excluding hydrogens is 460 g/mol. The topological polar surface area (TPSA) is 121 Å². The van der Waals surface area contributed by atoms with Crippen molar-refractivity contribution in [3.8, 4) is 0 Å². The number of carboxylic acid groups (broad SMARTS) is 2. The highest BCUT2D eigenvalue weighted by Gasteiger charge is 2.59. The van der Waals surface area contributed by atoms with Crippen LogP contribution >= 0.6 is 0 Å². The minimum absolute atomic E-state index is 0.0588. The van der Waals surface area contributed by atoms with Crippen molar-refractivity contribution in [1.29, 1.82) is 0 Å². The molecule has 0 bridgehead atoms. The van der Waals surface area contributed by atoms with Crippen LogP contribution in [0.3, 0.4) is 0 Å². The predicted molar refractivity (Wildman–Crippen MR) is 133 cm³/mol. The molecule has 2 heterocycles. The highest BCUT2D eigenvalue weighted by Crippen LogP contribution is 2.58. The Bertz CT molecular complexity index is 814. The first kappa shape index (κ1) is 30.1. The number of piperidine rings is 2. The van der Waals surface area contributed by atoms with Gasteiger partial charge in [-0.05, 0) is 112 Å². The molecule has 2 aliphatic heterocycles. The van der Waals surface area contributed by atoms with E-state index in [9.17, 15) is 29.4 Å². The van der Waals surface area contributed by atoms with E-state index in [0.717, 1.165) is 0 Å². The van der Waals surface area contributed by atoms with E-state index in [1.807, 2.05) is 65.2 Å². The maximum Gasteiger partial charge on any atom is 0.220 e. The van der Waals surface area contributed by atoms with Crippen LogP contribution in [0.15, 0.2) is 0 Å². The SMILES string of the molecule is CC(=O)N1C(C)(C)CC(C(CCCC(=O)[O-])(C(=O)[O-])C2CC(C)(C)N(C(C)=O)C(C)(C)C2)CC1(C)C. The average Bonchev–Trinajstić information content (AvgIpc) is 2.59. The van der Waals surface area contributed by atoms with Gasteiger partial charge in [-0.3, -0.25) is 9.59 Å². The van der Waals surface area contributed by atoms with Crippen LogP contribution < -0.4 is 10.2 Å². The van der Waals surface area contributed by atoms with Crippen molar-refractivity contribution in [2.45, 2.75) is 136 Å². The van der Waals surface area contributed by atoms with Gasteiger partial charge in [-0.2, -0.15) is 0 Å². The van der Waals surface area contributed by atoms with Crippen LogP contribution in [0.5, 0.6) is 0 Å². The van der Waals surface area contributed by atoms with Crippen LogP contribution in [0.25, 0.3) is 0 Å². The molecule has 0 saturated carbocycles. The standard InChI is InChI=1S/C28H48N2O6/c1-18(31)29-24(3,4)14-20(15-25(29,5)6)28(23(35)36,13-11-12-22(33)34)21-16-26(7,8)30(19(2)32)27(9,10)17-21/h20-21H,11-17H2,1-10H3,(H,33,34)(H,35,36)/p-2. The highest BCUT2D eigenvalue weighted by molar-refractivity contribution is 5.77. The molecule has 0 unspecified atom stereocenters. The molecule has 0 radical (unpaired) electrons. The first-order valence-electron chi connectivity index (χ1n) is 13.1. The third-order valence-electron chi connectivity index (χ3n) is 8.84. The fraction of sp³-hybridized carbons (Fsp3) is 0.857. The zero-order chi connectivity index (χ0) is 28.1. The first-order valence-corrected chi connectivity index (χ1v) is 13.1. The summed E-state index contributed by atoms with van der Waals surface area (Å²) in [6, 6.07) is 0. The van der Waals surface area contributed by atoms with Crippen molar-refractivity contribution in [3.05, 3.63) is 0 Å². The van der Waals surface area contributed by atoms with E-state index in [0.29, 0.717) is 25.7 Å². The summed E-state index contributed by atoms with van der Waals surface area (Å²) in [5.41, 5.74) is -3.71. The highest BCUT2D eigenvalue weighted by atomic mass is 16.4. The summed E-state index contributed by atoms with van der Waals surface area (Å²) in [6.45, 7) is 18.8. The Morgan fingerprint density at radius 2 is 1.00 bits per heavy atom. The molecule has 0 aromatic rings. The van der Waals surface area contributed by atoms with Gasteiger partial charge in [-0.25, -0.2) is 0 Å². The van der Waals surface area contributed by atoms with E-state index in [4.69, 9.17) is 0 Å². The number of likely N-dealkylation sites (tertiary alicyclic amines) is 2. The molecule has 8 nitrogen and oxygen atoms in total. The maximum atomic E-state index is 13.3. The molecule has 2 aliphatic rings. The number of amides is 2. The van der Waals surface area contributed by atoms with Gasteiger partial charge in [0, 0.05) is 53.4 Å². The third kappa shape index (κ3) is 5.42. The minimum atomic E-state index is -1.32. The minimum Gasteiger partial charge on any atom is -0.550 e. The smallest absolute Gasteiger partial charge is 0.220 e. The predicted octanol–water partition coefficient (Wildman–Crippen LogP) is 2.27. The number of hydrogen-bond donors (Lipinski definition) is 0. The van der Waals surface area contributed by atoms with Crippen molar-refractivity contribution in [2.24, 2.45) is 17.3 Å². The number of hydrogen-bond acceptors (Lipinski definition) is 6. The van der Waals surface area contributed by atoms with Gasteiger partial charge in [0.25, 0.3) is 0 Å². The summed E-state index contributed by atoms with van der Waals surface area (Å²) in [7, 11) is 0. The number of rotatable bonds is 7. The van der Waals surface area contributed by atoms with Crippen molar-refractivity contribution in [1.82, 2.24) is 9.80 Å². The van der Waals surface area contributed by atoms with Crippen LogP contribution in [0.4, 0.5) is 0 Å². The number of carboxylic acids is 2. The summed E-state index contributed by atoms with van der Waals surface area (Å²) < 4.78 is 0. The van der Waals surface area contributed by atoms with E-state index in [-0.39, 0.29) is 42.9 Å². The van der Waals surface area contributed by atoms with Crippen molar-refractivity contribution in [2.75, 3.05) is 0 Å². The van der Waals surface area contributed by atoms with Crippen molar-refractivity contribution in [3.63, 3.8) is 0 Å². The Morgan fingerprint density at radius 3 is 1.22 bits per heavy atom. The molecule has 2 saturated heterocycles. The summed E-state index contributed by atoms with van der Waals surface area (Å²) >= 11 is 0. The molecule has 0 aromatic carbocycles. The quantitative estimate of drug-likeness (QED) is 0.522.